The van der Waals surface area contributed by atoms with E-state index in [4.69, 9.17) is 16.0 Å². The highest BCUT2D eigenvalue weighted by Crippen LogP contribution is 2.34. The van der Waals surface area contributed by atoms with Crippen LogP contribution in [0.1, 0.15) is 5.56 Å². The summed E-state index contributed by atoms with van der Waals surface area (Å²) in [7, 11) is 0. The Morgan fingerprint density at radius 1 is 1.04 bits per heavy atom. The molecule has 1 aromatic carbocycles. The van der Waals surface area contributed by atoms with Crippen LogP contribution in [-0.2, 0) is 6.18 Å². The predicted octanol–water partition coefficient (Wildman–Crippen LogP) is 4.61. The van der Waals surface area contributed by atoms with E-state index in [1.807, 2.05) is 0 Å². The van der Waals surface area contributed by atoms with E-state index in [2.05, 4.69) is 15.2 Å². The largest absolute Gasteiger partial charge is 0.417 e. The molecular weight excluding hydrogens is 338 g/mol. The summed E-state index contributed by atoms with van der Waals surface area (Å²) in [6.07, 6.45) is -3.96. The van der Waals surface area contributed by atoms with Crippen LogP contribution in [0, 0.1) is 5.82 Å². The molecule has 0 saturated carbocycles. The first-order valence-corrected chi connectivity index (χ1v) is 6.55. The van der Waals surface area contributed by atoms with Crippen LogP contribution >= 0.6 is 11.6 Å². The smallest absolute Gasteiger partial charge is 0.414 e. The van der Waals surface area contributed by atoms with Crippen molar-refractivity contribution in [3.05, 3.63) is 52.9 Å². The summed E-state index contributed by atoms with van der Waals surface area (Å²) in [4.78, 5) is 3.60. The molecule has 2 heterocycles. The Kier molecular flexibility index (Phi) is 3.77. The third kappa shape index (κ3) is 3.02. The van der Waals surface area contributed by atoms with Crippen molar-refractivity contribution in [1.29, 1.82) is 0 Å². The van der Waals surface area contributed by atoms with Crippen molar-refractivity contribution < 1.29 is 22.0 Å². The van der Waals surface area contributed by atoms with Crippen molar-refractivity contribution in [2.45, 2.75) is 6.18 Å². The molecule has 0 fully saturated rings. The molecule has 9 heteroatoms. The minimum Gasteiger partial charge on any atom is -0.414 e. The lowest BCUT2D eigenvalue weighted by molar-refractivity contribution is -0.137. The molecule has 0 amide bonds. The van der Waals surface area contributed by atoms with Gasteiger partial charge in [0, 0.05) is 6.20 Å². The van der Waals surface area contributed by atoms with Crippen LogP contribution < -0.4 is 0 Å². The minimum atomic E-state index is -4.57. The van der Waals surface area contributed by atoms with Crippen molar-refractivity contribution in [3.8, 4) is 23.0 Å². The van der Waals surface area contributed by atoms with Gasteiger partial charge < -0.3 is 4.42 Å². The summed E-state index contributed by atoms with van der Waals surface area (Å²) in [6, 6.07) is 6.41. The summed E-state index contributed by atoms with van der Waals surface area (Å²) in [5.74, 6) is -0.910. The zero-order valence-electron chi connectivity index (χ0n) is 11.1. The van der Waals surface area contributed by atoms with Crippen molar-refractivity contribution >= 4 is 11.6 Å². The Balaban J connectivity index is 2.00. The summed E-state index contributed by atoms with van der Waals surface area (Å²) >= 11 is 5.79. The molecule has 0 radical (unpaired) electrons. The summed E-state index contributed by atoms with van der Waals surface area (Å²) in [6.45, 7) is 0. The normalized spacial score (nSPS) is 11.7. The maximum Gasteiger partial charge on any atom is 0.417 e. The standard InChI is InChI=1S/C14H6ClF4N3O/c15-9-5-7(14(17,18)19)6-20-11(9)13-22-21-12(23-13)8-3-1-2-4-10(8)16/h1-6H. The lowest BCUT2D eigenvalue weighted by atomic mass is 10.2. The summed E-state index contributed by atoms with van der Waals surface area (Å²) in [5, 5.41) is 7.00. The molecule has 0 aliphatic carbocycles. The van der Waals surface area contributed by atoms with Crippen molar-refractivity contribution in [3.63, 3.8) is 0 Å². The molecule has 0 unspecified atom stereocenters. The van der Waals surface area contributed by atoms with Crippen LogP contribution in [0.15, 0.2) is 40.9 Å². The quantitative estimate of drug-likeness (QED) is 0.638. The van der Waals surface area contributed by atoms with Gasteiger partial charge in [-0.15, -0.1) is 10.2 Å². The zero-order valence-corrected chi connectivity index (χ0v) is 11.9. The molecule has 0 aliphatic heterocycles. The van der Waals surface area contributed by atoms with E-state index in [9.17, 15) is 17.6 Å². The van der Waals surface area contributed by atoms with E-state index in [-0.39, 0.29) is 28.1 Å². The average Bonchev–Trinajstić information content (AvgIpc) is 2.96. The molecule has 0 bridgehead atoms. The van der Waals surface area contributed by atoms with Gasteiger partial charge in [-0.1, -0.05) is 23.7 Å². The average molecular weight is 344 g/mol. The van der Waals surface area contributed by atoms with Gasteiger partial charge in [0.2, 0.25) is 0 Å². The Hall–Kier alpha value is -2.48. The SMILES string of the molecule is Fc1ccccc1-c1nnc(-c2ncc(C(F)(F)F)cc2Cl)o1. The monoisotopic (exact) mass is 343 g/mol. The minimum absolute atomic E-state index is 0.0642. The molecule has 3 rings (SSSR count). The Bertz CT molecular complexity index is 863. The second-order valence-corrected chi connectivity index (χ2v) is 4.85. The van der Waals surface area contributed by atoms with Crippen LogP contribution in [0.25, 0.3) is 23.0 Å². The maximum atomic E-state index is 13.7. The van der Waals surface area contributed by atoms with E-state index in [0.717, 1.165) is 0 Å². The Labute approximate surface area is 131 Å². The number of hydrogen-bond donors (Lipinski definition) is 0. The second kappa shape index (κ2) is 5.62. The van der Waals surface area contributed by atoms with Crippen LogP contribution in [0.2, 0.25) is 5.02 Å². The van der Waals surface area contributed by atoms with Gasteiger partial charge in [-0.2, -0.15) is 13.2 Å². The lowest BCUT2D eigenvalue weighted by Crippen LogP contribution is -2.05. The topological polar surface area (TPSA) is 51.8 Å². The fourth-order valence-corrected chi connectivity index (χ4v) is 2.06. The Morgan fingerprint density at radius 3 is 2.39 bits per heavy atom. The van der Waals surface area contributed by atoms with Crippen molar-refractivity contribution in [1.82, 2.24) is 15.2 Å². The Morgan fingerprint density at radius 2 is 1.74 bits per heavy atom. The van der Waals surface area contributed by atoms with Gasteiger partial charge in [0.05, 0.1) is 16.1 Å². The van der Waals surface area contributed by atoms with Gasteiger partial charge in [0.25, 0.3) is 11.8 Å². The van der Waals surface area contributed by atoms with E-state index >= 15 is 0 Å². The predicted molar refractivity (Wildman–Crippen MR) is 72.9 cm³/mol. The van der Waals surface area contributed by atoms with Crippen LogP contribution in [0.3, 0.4) is 0 Å². The van der Waals surface area contributed by atoms with Crippen LogP contribution in [0.5, 0.6) is 0 Å². The van der Waals surface area contributed by atoms with Gasteiger partial charge in [-0.25, -0.2) is 9.37 Å². The molecule has 0 saturated heterocycles. The van der Waals surface area contributed by atoms with Gasteiger partial charge in [0.1, 0.15) is 11.5 Å². The van der Waals surface area contributed by atoms with Gasteiger partial charge in [0.15, 0.2) is 0 Å². The highest BCUT2D eigenvalue weighted by molar-refractivity contribution is 6.32. The fraction of sp³-hybridized carbons (Fsp3) is 0.0714. The number of pyridine rings is 1. The molecule has 0 aliphatic rings. The molecular formula is C14H6ClF4N3O. The molecule has 2 aromatic heterocycles. The van der Waals surface area contributed by atoms with E-state index < -0.39 is 17.6 Å². The summed E-state index contributed by atoms with van der Waals surface area (Å²) < 4.78 is 56.6. The molecule has 118 valence electrons. The number of aromatic nitrogens is 3. The number of rotatable bonds is 2. The zero-order chi connectivity index (χ0) is 16.6. The molecule has 4 nitrogen and oxygen atoms in total. The highest BCUT2D eigenvalue weighted by atomic mass is 35.5. The first-order valence-electron chi connectivity index (χ1n) is 6.18. The first-order chi connectivity index (χ1) is 10.9. The van der Waals surface area contributed by atoms with Gasteiger partial charge in [-0.3, -0.25) is 0 Å². The van der Waals surface area contributed by atoms with Gasteiger partial charge in [-0.05, 0) is 18.2 Å². The van der Waals surface area contributed by atoms with E-state index in [1.165, 1.54) is 18.2 Å². The van der Waals surface area contributed by atoms with Crippen molar-refractivity contribution in [2.24, 2.45) is 0 Å². The third-order valence-electron chi connectivity index (χ3n) is 2.90. The highest BCUT2D eigenvalue weighted by Gasteiger charge is 2.32. The summed E-state index contributed by atoms with van der Waals surface area (Å²) in [5.41, 5.74) is -1.05. The molecule has 0 spiro atoms. The van der Waals surface area contributed by atoms with Crippen molar-refractivity contribution in [2.75, 3.05) is 0 Å². The van der Waals surface area contributed by atoms with Gasteiger partial charge >= 0.3 is 6.18 Å². The number of benzene rings is 1. The molecule has 3 aromatic rings. The molecule has 0 atom stereocenters. The molecule has 23 heavy (non-hydrogen) atoms. The van der Waals surface area contributed by atoms with Crippen LogP contribution in [0.4, 0.5) is 17.6 Å². The van der Waals surface area contributed by atoms with E-state index in [1.54, 1.807) is 6.07 Å². The number of halogens is 5. The maximum absolute atomic E-state index is 13.7. The van der Waals surface area contributed by atoms with E-state index in [0.29, 0.717) is 12.3 Å². The number of alkyl halides is 3. The fourth-order valence-electron chi connectivity index (χ4n) is 1.81. The first kappa shape index (κ1) is 15.4. The van der Waals surface area contributed by atoms with Crippen LogP contribution in [-0.4, -0.2) is 15.2 Å². The number of hydrogen-bond acceptors (Lipinski definition) is 4. The lowest BCUT2D eigenvalue weighted by Gasteiger charge is -2.07. The number of nitrogens with zero attached hydrogens (tertiary/aromatic N) is 3. The molecule has 0 N–H and O–H groups in total. The third-order valence-corrected chi connectivity index (χ3v) is 3.19. The second-order valence-electron chi connectivity index (χ2n) is 4.44.